The average molecular weight is 573 g/mol. The molecule has 2 aliphatic carbocycles. The number of methoxy groups -OCH3 is 1. The quantitative estimate of drug-likeness (QED) is 0.481. The van der Waals surface area contributed by atoms with E-state index in [-0.39, 0.29) is 12.0 Å². The van der Waals surface area contributed by atoms with Gasteiger partial charge in [-0.15, -0.1) is 0 Å². The molecule has 3 N–H and O–H groups in total. The van der Waals surface area contributed by atoms with Gasteiger partial charge in [-0.25, -0.2) is 17.2 Å². The number of hydrogen-bond donors (Lipinski definition) is 2. The van der Waals surface area contributed by atoms with Crippen LogP contribution in [-0.2, 0) is 30.3 Å². The molecule has 0 bridgehead atoms. The molecule has 208 valence electrons. The first-order valence-corrected chi connectivity index (χ1v) is 13.0. The van der Waals surface area contributed by atoms with Gasteiger partial charge in [0.15, 0.2) is 9.84 Å². The Morgan fingerprint density at radius 3 is 2.31 bits per heavy atom. The van der Waals surface area contributed by atoms with Gasteiger partial charge in [0.05, 0.1) is 27.9 Å². The van der Waals surface area contributed by atoms with Crippen molar-refractivity contribution in [1.82, 2.24) is 0 Å². The number of amides is 1. The van der Waals surface area contributed by atoms with Crippen LogP contribution in [0.1, 0.15) is 24.8 Å². The Bertz CT molecular complexity index is 1520. The standard InChI is InChI=1S/C25H21F5N2O6S/c1-38-20-8-14(9-24(20,22(34)35)19-10-23(19,11-31)21(32)33)39(36,37)18-5-2-12(6-16(18)25(28,29)30)15-4-3-13(26)7-17(15)27/h2-7,14,19-20H,8-10H2,1H3,(H2,32,33)(H,34,35)/t14-,19?,20+,23?,24+/m1/s1. The molecular formula is C25H21F5N2O6S. The zero-order valence-corrected chi connectivity index (χ0v) is 20.9. The highest BCUT2D eigenvalue weighted by atomic mass is 32.2. The minimum absolute atomic E-state index is 0.274. The highest BCUT2D eigenvalue weighted by Gasteiger charge is 2.75. The molecule has 0 spiro atoms. The number of benzene rings is 2. The van der Waals surface area contributed by atoms with Crippen LogP contribution in [0.2, 0.25) is 0 Å². The van der Waals surface area contributed by atoms with Gasteiger partial charge in [0.25, 0.3) is 0 Å². The van der Waals surface area contributed by atoms with Crippen molar-refractivity contribution < 1.29 is 49.8 Å². The second-order valence-corrected chi connectivity index (χ2v) is 11.9. The Hall–Kier alpha value is -3.57. The Labute approximate surface area is 219 Å². The van der Waals surface area contributed by atoms with E-state index in [2.05, 4.69) is 0 Å². The van der Waals surface area contributed by atoms with Crippen LogP contribution in [0.25, 0.3) is 11.1 Å². The topological polar surface area (TPSA) is 148 Å². The molecule has 0 saturated heterocycles. The van der Waals surface area contributed by atoms with Crippen LogP contribution in [0, 0.1) is 39.7 Å². The Morgan fingerprint density at radius 1 is 1.15 bits per heavy atom. The van der Waals surface area contributed by atoms with Gasteiger partial charge in [-0.3, -0.25) is 9.59 Å². The summed E-state index contributed by atoms with van der Waals surface area (Å²) in [5.41, 5.74) is -1.04. The van der Waals surface area contributed by atoms with Gasteiger partial charge in [0, 0.05) is 24.7 Å². The number of aliphatic carboxylic acids is 1. The number of alkyl halides is 3. The van der Waals surface area contributed by atoms with Crippen LogP contribution in [0.5, 0.6) is 0 Å². The predicted molar refractivity (Wildman–Crippen MR) is 123 cm³/mol. The van der Waals surface area contributed by atoms with Crippen molar-refractivity contribution in [3.05, 3.63) is 53.6 Å². The van der Waals surface area contributed by atoms with Crippen molar-refractivity contribution >= 4 is 21.7 Å². The number of carbonyl (C=O) groups excluding carboxylic acids is 1. The van der Waals surface area contributed by atoms with Crippen LogP contribution >= 0.6 is 0 Å². The summed E-state index contributed by atoms with van der Waals surface area (Å²) in [6.45, 7) is 0. The van der Waals surface area contributed by atoms with Crippen LogP contribution in [0.15, 0.2) is 41.3 Å². The Balaban J connectivity index is 1.81. The SMILES string of the molecule is CO[C@H]1C[C@@H](S(=O)(=O)c2ccc(-c3ccc(F)cc3F)cc2C(F)(F)F)C[C@]1(C(=O)O)C1CC1(C#N)C(N)=O. The number of carbonyl (C=O) groups is 2. The van der Waals surface area contributed by atoms with Crippen LogP contribution < -0.4 is 5.73 Å². The number of halogens is 5. The molecule has 14 heteroatoms. The lowest BCUT2D eigenvalue weighted by Crippen LogP contribution is -2.44. The summed E-state index contributed by atoms with van der Waals surface area (Å²) >= 11 is 0. The highest BCUT2D eigenvalue weighted by molar-refractivity contribution is 7.92. The second kappa shape index (κ2) is 9.27. The first kappa shape index (κ1) is 28.4. The van der Waals surface area contributed by atoms with Crippen molar-refractivity contribution in [3.63, 3.8) is 0 Å². The molecule has 0 aliphatic heterocycles. The van der Waals surface area contributed by atoms with Crippen LogP contribution in [-0.4, -0.2) is 43.9 Å². The normalized spacial score (nSPS) is 28.6. The smallest absolute Gasteiger partial charge is 0.417 e. The zero-order valence-electron chi connectivity index (χ0n) is 20.1. The fourth-order valence-electron chi connectivity index (χ4n) is 5.73. The maximum Gasteiger partial charge on any atom is 0.417 e. The number of nitriles is 1. The van der Waals surface area contributed by atoms with E-state index in [4.69, 9.17) is 10.5 Å². The maximum absolute atomic E-state index is 14.3. The molecule has 4 rings (SSSR count). The van der Waals surface area contributed by atoms with E-state index in [1.165, 1.54) is 0 Å². The third-order valence-corrected chi connectivity index (χ3v) is 10.00. The number of nitrogens with zero attached hydrogens (tertiary/aromatic N) is 1. The predicted octanol–water partition coefficient (Wildman–Crippen LogP) is 3.69. The lowest BCUT2D eigenvalue weighted by Gasteiger charge is -2.31. The summed E-state index contributed by atoms with van der Waals surface area (Å²) in [6, 6.07) is 5.90. The van der Waals surface area contributed by atoms with E-state index >= 15 is 0 Å². The summed E-state index contributed by atoms with van der Waals surface area (Å²) < 4.78 is 102. The maximum atomic E-state index is 14.3. The molecule has 8 nitrogen and oxygen atoms in total. The van der Waals surface area contributed by atoms with Gasteiger partial charge in [-0.2, -0.15) is 18.4 Å². The molecular weight excluding hydrogens is 551 g/mol. The van der Waals surface area contributed by atoms with Crippen molar-refractivity contribution in [2.24, 2.45) is 22.5 Å². The van der Waals surface area contributed by atoms with Crippen LogP contribution in [0.4, 0.5) is 22.0 Å². The lowest BCUT2D eigenvalue weighted by molar-refractivity contribution is -0.159. The van der Waals surface area contributed by atoms with Crippen LogP contribution in [0.3, 0.4) is 0 Å². The van der Waals surface area contributed by atoms with Crippen molar-refractivity contribution in [2.45, 2.75) is 41.7 Å². The van der Waals surface area contributed by atoms with Gasteiger partial charge in [0.1, 0.15) is 22.5 Å². The van der Waals surface area contributed by atoms with E-state index in [9.17, 15) is 50.3 Å². The van der Waals surface area contributed by atoms with Gasteiger partial charge < -0.3 is 15.6 Å². The summed E-state index contributed by atoms with van der Waals surface area (Å²) in [5.74, 6) is -6.02. The number of rotatable bonds is 7. The fraction of sp³-hybridized carbons (Fsp3) is 0.400. The molecule has 2 unspecified atom stereocenters. The van der Waals surface area contributed by atoms with Gasteiger partial charge in [-0.05, 0) is 49.1 Å². The van der Waals surface area contributed by atoms with E-state index in [1.54, 1.807) is 6.07 Å². The van der Waals surface area contributed by atoms with Crippen molar-refractivity contribution in [3.8, 4) is 17.2 Å². The fourth-order valence-corrected chi connectivity index (χ4v) is 7.75. The minimum Gasteiger partial charge on any atom is -0.481 e. The summed E-state index contributed by atoms with van der Waals surface area (Å²) in [6.07, 6.45) is -8.14. The number of carboxylic acid groups (broad SMARTS) is 1. The van der Waals surface area contributed by atoms with E-state index in [1.807, 2.05) is 0 Å². The Morgan fingerprint density at radius 2 is 1.82 bits per heavy atom. The molecule has 0 radical (unpaired) electrons. The summed E-state index contributed by atoms with van der Waals surface area (Å²) in [7, 11) is -3.81. The van der Waals surface area contributed by atoms with E-state index in [0.29, 0.717) is 18.2 Å². The Kier molecular flexibility index (Phi) is 6.76. The monoisotopic (exact) mass is 572 g/mol. The minimum atomic E-state index is -5.23. The van der Waals surface area contributed by atoms with Gasteiger partial charge in [0.2, 0.25) is 5.91 Å². The first-order valence-electron chi connectivity index (χ1n) is 11.4. The molecule has 1 amide bonds. The van der Waals surface area contributed by atoms with Crippen molar-refractivity contribution in [1.29, 1.82) is 5.26 Å². The number of primary amides is 1. The first-order chi connectivity index (χ1) is 18.1. The third-order valence-electron chi connectivity index (χ3n) is 7.79. The molecule has 2 aliphatic rings. The largest absolute Gasteiger partial charge is 0.481 e. The average Bonchev–Trinajstić information content (AvgIpc) is 3.48. The molecule has 2 fully saturated rings. The zero-order chi connectivity index (χ0) is 29.1. The molecule has 39 heavy (non-hydrogen) atoms. The number of nitrogens with two attached hydrogens (primary N) is 1. The highest BCUT2D eigenvalue weighted by Crippen LogP contribution is 2.66. The number of sulfone groups is 1. The molecule has 2 saturated carbocycles. The van der Waals surface area contributed by atoms with E-state index < -0.39 is 96.5 Å². The second-order valence-electron chi connectivity index (χ2n) is 9.71. The number of ether oxygens (including phenoxy) is 1. The summed E-state index contributed by atoms with van der Waals surface area (Å²) in [4.78, 5) is 23.3. The van der Waals surface area contributed by atoms with Gasteiger partial charge >= 0.3 is 12.1 Å². The van der Waals surface area contributed by atoms with E-state index in [0.717, 1.165) is 25.3 Å². The molecule has 2 aromatic carbocycles. The lowest BCUT2D eigenvalue weighted by atomic mass is 9.75. The summed E-state index contributed by atoms with van der Waals surface area (Å²) in [5, 5.41) is 18.0. The third kappa shape index (κ3) is 4.33. The number of carboxylic acids is 1. The number of hydrogen-bond acceptors (Lipinski definition) is 6. The molecule has 2 aromatic rings. The van der Waals surface area contributed by atoms with Crippen molar-refractivity contribution in [2.75, 3.05) is 7.11 Å². The van der Waals surface area contributed by atoms with Gasteiger partial charge in [-0.1, -0.05) is 6.07 Å². The molecule has 0 heterocycles. The molecule has 5 atom stereocenters. The molecule has 0 aromatic heterocycles.